The number of ketones is 1. The molecule has 5 nitrogen and oxygen atoms in total. The summed E-state index contributed by atoms with van der Waals surface area (Å²) in [6.07, 6.45) is 6.07. The van der Waals surface area contributed by atoms with E-state index < -0.39 is 0 Å². The molecule has 3 rings (SSSR count). The third kappa shape index (κ3) is 3.31. The highest BCUT2D eigenvalue weighted by Gasteiger charge is 2.18. The summed E-state index contributed by atoms with van der Waals surface area (Å²) in [6, 6.07) is 7.14. The molecule has 0 spiro atoms. The standard InChI is InChI=1S/C17H19N3O2/c1-13-12-20(8-3-9-22-13)16-10-14(5-7-19-16)17(21)15-4-2-6-18-11-15/h2,4-7,10-11,13H,3,8-9,12H2,1H3. The quantitative estimate of drug-likeness (QED) is 0.814. The predicted octanol–water partition coefficient (Wildman–Crippen LogP) is 2.32. The molecule has 3 heterocycles. The number of anilines is 1. The van der Waals surface area contributed by atoms with E-state index in [0.717, 1.165) is 31.9 Å². The Hall–Kier alpha value is -2.27. The Balaban J connectivity index is 1.84. The summed E-state index contributed by atoms with van der Waals surface area (Å²) in [5.41, 5.74) is 1.23. The molecule has 1 saturated heterocycles. The van der Waals surface area contributed by atoms with Crippen LogP contribution in [0, 0.1) is 0 Å². The molecule has 1 aliphatic heterocycles. The van der Waals surface area contributed by atoms with Crippen LogP contribution in [0.2, 0.25) is 0 Å². The fourth-order valence-corrected chi connectivity index (χ4v) is 2.60. The first kappa shape index (κ1) is 14.7. The number of hydrogen-bond donors (Lipinski definition) is 0. The Labute approximate surface area is 130 Å². The summed E-state index contributed by atoms with van der Waals surface area (Å²) >= 11 is 0. The third-order valence-corrected chi connectivity index (χ3v) is 3.71. The minimum atomic E-state index is -0.0316. The van der Waals surface area contributed by atoms with Gasteiger partial charge in [-0.3, -0.25) is 9.78 Å². The largest absolute Gasteiger partial charge is 0.377 e. The van der Waals surface area contributed by atoms with Crippen molar-refractivity contribution in [2.45, 2.75) is 19.4 Å². The first-order valence-corrected chi connectivity index (χ1v) is 7.51. The Morgan fingerprint density at radius 1 is 1.32 bits per heavy atom. The first-order chi connectivity index (χ1) is 10.7. The number of hydrogen-bond acceptors (Lipinski definition) is 5. The number of aromatic nitrogens is 2. The van der Waals surface area contributed by atoms with Gasteiger partial charge in [0.25, 0.3) is 0 Å². The van der Waals surface area contributed by atoms with Crippen LogP contribution in [0.5, 0.6) is 0 Å². The Bertz CT molecular complexity index is 645. The molecule has 0 aromatic carbocycles. The second kappa shape index (κ2) is 6.66. The number of carbonyl (C=O) groups is 1. The molecule has 1 atom stereocenters. The van der Waals surface area contributed by atoms with Crippen LogP contribution in [0.1, 0.15) is 29.3 Å². The number of ether oxygens (including phenoxy) is 1. The van der Waals surface area contributed by atoms with Gasteiger partial charge in [0.2, 0.25) is 0 Å². The lowest BCUT2D eigenvalue weighted by molar-refractivity contribution is 0.0820. The maximum absolute atomic E-state index is 12.5. The second-order valence-corrected chi connectivity index (χ2v) is 5.45. The molecule has 1 fully saturated rings. The molecule has 22 heavy (non-hydrogen) atoms. The van der Waals surface area contributed by atoms with Crippen molar-refractivity contribution in [1.82, 2.24) is 9.97 Å². The Kier molecular flexibility index (Phi) is 4.44. The zero-order valence-electron chi connectivity index (χ0n) is 12.6. The van der Waals surface area contributed by atoms with Gasteiger partial charge < -0.3 is 9.64 Å². The molecule has 0 aliphatic carbocycles. The van der Waals surface area contributed by atoms with Crippen LogP contribution in [0.3, 0.4) is 0 Å². The van der Waals surface area contributed by atoms with Crippen molar-refractivity contribution in [3.05, 3.63) is 54.0 Å². The maximum Gasteiger partial charge on any atom is 0.194 e. The average Bonchev–Trinajstić information content (AvgIpc) is 2.80. The van der Waals surface area contributed by atoms with E-state index in [2.05, 4.69) is 21.8 Å². The maximum atomic E-state index is 12.5. The number of nitrogens with zero attached hydrogens (tertiary/aromatic N) is 3. The lowest BCUT2D eigenvalue weighted by Gasteiger charge is -2.23. The highest BCUT2D eigenvalue weighted by atomic mass is 16.5. The zero-order valence-corrected chi connectivity index (χ0v) is 12.6. The molecule has 0 radical (unpaired) electrons. The van der Waals surface area contributed by atoms with E-state index in [1.165, 1.54) is 0 Å². The van der Waals surface area contributed by atoms with E-state index in [1.807, 2.05) is 6.07 Å². The molecule has 2 aromatic heterocycles. The molecular formula is C17H19N3O2. The van der Waals surface area contributed by atoms with Gasteiger partial charge in [0, 0.05) is 49.4 Å². The van der Waals surface area contributed by atoms with Gasteiger partial charge in [-0.2, -0.15) is 0 Å². The van der Waals surface area contributed by atoms with Crippen molar-refractivity contribution in [3.8, 4) is 0 Å². The van der Waals surface area contributed by atoms with E-state index in [9.17, 15) is 4.79 Å². The Morgan fingerprint density at radius 3 is 3.05 bits per heavy atom. The summed E-state index contributed by atoms with van der Waals surface area (Å²) in [6.45, 7) is 4.51. The van der Waals surface area contributed by atoms with Gasteiger partial charge in [0.05, 0.1) is 6.10 Å². The van der Waals surface area contributed by atoms with Crippen molar-refractivity contribution in [2.75, 3.05) is 24.6 Å². The van der Waals surface area contributed by atoms with Gasteiger partial charge in [0.1, 0.15) is 5.82 Å². The topological polar surface area (TPSA) is 55.3 Å². The lowest BCUT2D eigenvalue weighted by atomic mass is 10.1. The van der Waals surface area contributed by atoms with Crippen LogP contribution in [0.4, 0.5) is 5.82 Å². The molecule has 114 valence electrons. The van der Waals surface area contributed by atoms with Gasteiger partial charge >= 0.3 is 0 Å². The van der Waals surface area contributed by atoms with Crippen LogP contribution < -0.4 is 4.90 Å². The lowest BCUT2D eigenvalue weighted by Crippen LogP contribution is -2.30. The molecule has 1 unspecified atom stereocenters. The molecule has 1 aliphatic rings. The second-order valence-electron chi connectivity index (χ2n) is 5.45. The number of carbonyl (C=O) groups excluding carboxylic acids is 1. The van der Waals surface area contributed by atoms with Gasteiger partial charge in [-0.05, 0) is 37.6 Å². The fraction of sp³-hybridized carbons (Fsp3) is 0.353. The summed E-state index contributed by atoms with van der Waals surface area (Å²) in [5, 5.41) is 0. The number of pyridine rings is 2. The van der Waals surface area contributed by atoms with Gasteiger partial charge in [-0.15, -0.1) is 0 Å². The summed E-state index contributed by atoms with van der Waals surface area (Å²) in [7, 11) is 0. The van der Waals surface area contributed by atoms with Crippen molar-refractivity contribution in [1.29, 1.82) is 0 Å². The van der Waals surface area contributed by atoms with Crippen molar-refractivity contribution in [2.24, 2.45) is 0 Å². The SMILES string of the molecule is CC1CN(c2cc(C(=O)c3cccnc3)ccn2)CCCO1. The Morgan fingerprint density at radius 2 is 2.23 bits per heavy atom. The van der Waals surface area contributed by atoms with E-state index in [0.29, 0.717) is 11.1 Å². The van der Waals surface area contributed by atoms with E-state index in [4.69, 9.17) is 4.74 Å². The number of rotatable bonds is 3. The molecule has 0 bridgehead atoms. The highest BCUT2D eigenvalue weighted by Crippen LogP contribution is 2.18. The predicted molar refractivity (Wildman–Crippen MR) is 84.2 cm³/mol. The fourth-order valence-electron chi connectivity index (χ4n) is 2.60. The van der Waals surface area contributed by atoms with Crippen LogP contribution in [-0.4, -0.2) is 41.6 Å². The molecule has 0 saturated carbocycles. The van der Waals surface area contributed by atoms with Crippen LogP contribution in [0.25, 0.3) is 0 Å². The summed E-state index contributed by atoms with van der Waals surface area (Å²) in [4.78, 5) is 23.1. The monoisotopic (exact) mass is 297 g/mol. The van der Waals surface area contributed by atoms with Crippen molar-refractivity contribution in [3.63, 3.8) is 0 Å². The average molecular weight is 297 g/mol. The third-order valence-electron chi connectivity index (χ3n) is 3.71. The van der Waals surface area contributed by atoms with Crippen molar-refractivity contribution < 1.29 is 9.53 Å². The molecule has 5 heteroatoms. The summed E-state index contributed by atoms with van der Waals surface area (Å²) < 4.78 is 5.66. The van der Waals surface area contributed by atoms with Gasteiger partial charge in [-0.1, -0.05) is 0 Å². The molecular weight excluding hydrogens is 278 g/mol. The van der Waals surface area contributed by atoms with E-state index in [1.54, 1.807) is 36.8 Å². The van der Waals surface area contributed by atoms with E-state index >= 15 is 0 Å². The van der Waals surface area contributed by atoms with E-state index in [-0.39, 0.29) is 11.9 Å². The summed E-state index contributed by atoms with van der Waals surface area (Å²) in [5.74, 6) is 0.794. The highest BCUT2D eigenvalue weighted by molar-refractivity contribution is 6.09. The van der Waals surface area contributed by atoms with Gasteiger partial charge in [-0.25, -0.2) is 4.98 Å². The molecule has 2 aromatic rings. The minimum absolute atomic E-state index is 0.0316. The molecule has 0 amide bonds. The van der Waals surface area contributed by atoms with Crippen molar-refractivity contribution >= 4 is 11.6 Å². The van der Waals surface area contributed by atoms with Gasteiger partial charge in [0.15, 0.2) is 5.78 Å². The zero-order chi connectivity index (χ0) is 15.4. The smallest absolute Gasteiger partial charge is 0.194 e. The van der Waals surface area contributed by atoms with Crippen LogP contribution in [0.15, 0.2) is 42.9 Å². The van der Waals surface area contributed by atoms with Crippen LogP contribution >= 0.6 is 0 Å². The van der Waals surface area contributed by atoms with Crippen LogP contribution in [-0.2, 0) is 4.74 Å². The normalized spacial score (nSPS) is 18.8. The minimum Gasteiger partial charge on any atom is -0.377 e. The molecule has 0 N–H and O–H groups in total. The first-order valence-electron chi connectivity index (χ1n) is 7.51.